The van der Waals surface area contributed by atoms with Gasteiger partial charge in [0.25, 0.3) is 0 Å². The van der Waals surface area contributed by atoms with Crippen LogP contribution in [0.1, 0.15) is 22.8 Å². The molecular weight excluding hydrogens is 305 g/mol. The topological polar surface area (TPSA) is 38.7 Å². The minimum Gasteiger partial charge on any atom is -0.462 e. The Morgan fingerprint density at radius 1 is 1.53 bits per heavy atom. The second-order valence-electron chi connectivity index (χ2n) is 3.13. The molecule has 0 unspecified atom stereocenters. The molecule has 17 heavy (non-hydrogen) atoms. The number of hydrogen-bond donors (Lipinski definition) is 0. The number of aliphatic imine (C=N–C) groups is 1. The fraction of sp³-hybridized carbons (Fsp3) is 0.167. The number of esters is 1. The van der Waals surface area contributed by atoms with Crippen LogP contribution in [-0.4, -0.2) is 19.3 Å². The zero-order valence-corrected chi connectivity index (χ0v) is 11.6. The summed E-state index contributed by atoms with van der Waals surface area (Å²) >= 11 is 9.12. The van der Waals surface area contributed by atoms with Crippen LogP contribution >= 0.6 is 27.5 Å². The lowest BCUT2D eigenvalue weighted by molar-refractivity contribution is 0.0525. The van der Waals surface area contributed by atoms with E-state index in [1.807, 2.05) is 0 Å². The third-order valence-corrected chi connectivity index (χ3v) is 2.90. The molecule has 0 fully saturated rings. The highest BCUT2D eigenvalue weighted by Crippen LogP contribution is 2.33. The molecule has 0 aromatic heterocycles. The Balaban J connectivity index is 3.34. The van der Waals surface area contributed by atoms with E-state index < -0.39 is 5.97 Å². The molecule has 0 aliphatic rings. The summed E-state index contributed by atoms with van der Waals surface area (Å²) in [6.45, 7) is 9.11. The van der Waals surface area contributed by atoms with Crippen molar-refractivity contribution in [3.05, 3.63) is 34.3 Å². The molecule has 1 aromatic carbocycles. The maximum absolute atomic E-state index is 11.7. The second kappa shape index (κ2) is 5.98. The zero-order valence-electron chi connectivity index (χ0n) is 9.30. The van der Waals surface area contributed by atoms with Crippen LogP contribution in [0, 0.1) is 0 Å². The van der Waals surface area contributed by atoms with E-state index in [1.54, 1.807) is 19.1 Å². The van der Waals surface area contributed by atoms with E-state index in [0.717, 1.165) is 0 Å². The molecule has 0 saturated heterocycles. The number of ether oxygens (including phenoxy) is 1. The van der Waals surface area contributed by atoms with Crippen LogP contribution in [-0.2, 0) is 4.74 Å². The summed E-state index contributed by atoms with van der Waals surface area (Å²) in [6, 6.07) is 3.24. The first kappa shape index (κ1) is 13.9. The molecule has 3 nitrogen and oxygen atoms in total. The molecule has 5 heteroatoms. The molecule has 90 valence electrons. The van der Waals surface area contributed by atoms with Gasteiger partial charge in [-0.25, -0.2) is 4.79 Å². The van der Waals surface area contributed by atoms with Crippen molar-refractivity contribution >= 4 is 50.9 Å². The maximum atomic E-state index is 11.7. The van der Waals surface area contributed by atoms with Gasteiger partial charge >= 0.3 is 5.97 Å². The van der Waals surface area contributed by atoms with Crippen molar-refractivity contribution in [2.24, 2.45) is 4.99 Å². The normalized spacial score (nSPS) is 9.82. The second-order valence-corrected chi connectivity index (χ2v) is 4.44. The molecule has 1 aromatic rings. The fourth-order valence-corrected chi connectivity index (χ4v) is 1.92. The van der Waals surface area contributed by atoms with E-state index in [4.69, 9.17) is 16.3 Å². The first-order valence-electron chi connectivity index (χ1n) is 4.83. The van der Waals surface area contributed by atoms with Gasteiger partial charge in [0.05, 0.1) is 17.9 Å². The average molecular weight is 317 g/mol. The summed E-state index contributed by atoms with van der Waals surface area (Å²) in [7, 11) is 0. The van der Waals surface area contributed by atoms with Gasteiger partial charge in [0.1, 0.15) is 0 Å². The van der Waals surface area contributed by atoms with Gasteiger partial charge in [-0.2, -0.15) is 0 Å². The molecule has 0 atom stereocenters. The minimum absolute atomic E-state index is 0.297. The van der Waals surface area contributed by atoms with E-state index in [-0.39, 0.29) is 0 Å². The molecule has 0 heterocycles. The van der Waals surface area contributed by atoms with E-state index in [9.17, 15) is 4.79 Å². The summed E-state index contributed by atoms with van der Waals surface area (Å²) in [6.07, 6.45) is 0. The summed E-state index contributed by atoms with van der Waals surface area (Å²) in [5, 5.41) is 0.297. The molecule has 0 saturated carbocycles. The largest absolute Gasteiger partial charge is 0.462 e. The number of carbonyl (C=O) groups is 1. The van der Waals surface area contributed by atoms with Crippen molar-refractivity contribution in [1.29, 1.82) is 0 Å². The Bertz CT molecular complexity index is 486. The number of halogens is 2. The Morgan fingerprint density at radius 2 is 2.18 bits per heavy atom. The van der Waals surface area contributed by atoms with E-state index in [0.29, 0.717) is 32.9 Å². The minimum atomic E-state index is -0.422. The van der Waals surface area contributed by atoms with E-state index in [1.165, 1.54) is 0 Å². The van der Waals surface area contributed by atoms with Crippen molar-refractivity contribution in [3.8, 4) is 0 Å². The molecule has 0 N–H and O–H groups in total. The Kier molecular flexibility index (Phi) is 4.90. The van der Waals surface area contributed by atoms with Gasteiger partial charge < -0.3 is 4.74 Å². The molecule has 1 rings (SSSR count). The van der Waals surface area contributed by atoms with Crippen LogP contribution in [0.2, 0.25) is 0 Å². The van der Waals surface area contributed by atoms with Gasteiger partial charge in [-0.3, -0.25) is 4.99 Å². The predicted molar refractivity (Wildman–Crippen MR) is 74.2 cm³/mol. The smallest absolute Gasteiger partial charge is 0.339 e. The van der Waals surface area contributed by atoms with Gasteiger partial charge in [0.15, 0.2) is 0 Å². The van der Waals surface area contributed by atoms with E-state index >= 15 is 0 Å². The van der Waals surface area contributed by atoms with Crippen LogP contribution < -0.4 is 0 Å². The molecular formula is C12H11BrClNO2. The molecule has 0 aliphatic heterocycles. The first-order valence-corrected chi connectivity index (χ1v) is 6.00. The molecule has 0 amide bonds. The first-order chi connectivity index (χ1) is 8.01. The lowest BCUT2D eigenvalue weighted by atomic mass is 10.1. The van der Waals surface area contributed by atoms with Crippen molar-refractivity contribution in [2.45, 2.75) is 6.92 Å². The van der Waals surface area contributed by atoms with Gasteiger partial charge in [-0.15, -0.1) is 0 Å². The van der Waals surface area contributed by atoms with Crippen LogP contribution in [0.3, 0.4) is 0 Å². The predicted octanol–water partition coefficient (Wildman–Crippen LogP) is 4.17. The summed E-state index contributed by atoms with van der Waals surface area (Å²) < 4.78 is 5.51. The third-order valence-electron chi connectivity index (χ3n) is 2.04. The van der Waals surface area contributed by atoms with Gasteiger partial charge in [-0.05, 0) is 41.7 Å². The van der Waals surface area contributed by atoms with Crippen LogP contribution in [0.25, 0.3) is 5.03 Å². The Morgan fingerprint density at radius 3 is 2.65 bits per heavy atom. The third kappa shape index (κ3) is 3.17. The number of benzene rings is 1. The number of rotatable bonds is 4. The summed E-state index contributed by atoms with van der Waals surface area (Å²) in [5.41, 5.74) is 1.51. The lowest BCUT2D eigenvalue weighted by Gasteiger charge is -2.09. The number of carbonyl (C=O) groups excluding carboxylic acids is 1. The van der Waals surface area contributed by atoms with Crippen LogP contribution in [0.15, 0.2) is 28.2 Å². The average Bonchev–Trinajstić information content (AvgIpc) is 2.28. The monoisotopic (exact) mass is 315 g/mol. The van der Waals surface area contributed by atoms with Crippen molar-refractivity contribution in [2.75, 3.05) is 6.61 Å². The maximum Gasteiger partial charge on any atom is 0.339 e. The van der Waals surface area contributed by atoms with Crippen molar-refractivity contribution < 1.29 is 9.53 Å². The molecule has 0 radical (unpaired) electrons. The molecule has 0 spiro atoms. The fourth-order valence-electron chi connectivity index (χ4n) is 1.28. The van der Waals surface area contributed by atoms with Gasteiger partial charge in [0.2, 0.25) is 0 Å². The Labute approximate surface area is 113 Å². The summed E-state index contributed by atoms with van der Waals surface area (Å²) in [5.74, 6) is -0.422. The van der Waals surface area contributed by atoms with Crippen molar-refractivity contribution in [1.82, 2.24) is 0 Å². The highest BCUT2D eigenvalue weighted by molar-refractivity contribution is 9.10. The summed E-state index contributed by atoms with van der Waals surface area (Å²) in [4.78, 5) is 15.5. The highest BCUT2D eigenvalue weighted by Gasteiger charge is 2.15. The number of hydrogen-bond acceptors (Lipinski definition) is 3. The standard InChI is InChI=1S/C12H11BrClNO2/c1-4-17-12(16)9-5-8(7(2)14)11(15-3)6-10(9)13/h5-6H,2-4H2,1H3. The highest BCUT2D eigenvalue weighted by atomic mass is 79.9. The molecule has 0 bridgehead atoms. The SMILES string of the molecule is C=Nc1cc(Br)c(C(=O)OCC)cc1C(=C)Cl. The zero-order chi connectivity index (χ0) is 13.0. The quantitative estimate of drug-likeness (QED) is 0.618. The van der Waals surface area contributed by atoms with E-state index in [2.05, 4.69) is 34.2 Å². The van der Waals surface area contributed by atoms with Crippen molar-refractivity contribution in [3.63, 3.8) is 0 Å². The molecule has 0 aliphatic carbocycles. The lowest BCUT2D eigenvalue weighted by Crippen LogP contribution is -2.06. The van der Waals surface area contributed by atoms with Gasteiger partial charge in [-0.1, -0.05) is 18.2 Å². The number of nitrogens with zero attached hydrogens (tertiary/aromatic N) is 1. The van der Waals surface area contributed by atoms with Crippen LogP contribution in [0.5, 0.6) is 0 Å². The Hall–Kier alpha value is -1.13. The van der Waals surface area contributed by atoms with Crippen LogP contribution in [0.4, 0.5) is 5.69 Å². The van der Waals surface area contributed by atoms with Gasteiger partial charge in [0, 0.05) is 15.1 Å².